The van der Waals surface area contributed by atoms with Crippen LogP contribution >= 0.6 is 15.2 Å². The second kappa shape index (κ2) is 2.64. The van der Waals surface area contributed by atoms with Gasteiger partial charge in [0.25, 0.3) is 0 Å². The van der Waals surface area contributed by atoms with E-state index in [0.29, 0.717) is 6.92 Å². The van der Waals surface area contributed by atoms with Crippen LogP contribution in [0.1, 0.15) is 6.92 Å². The highest BCUT2D eigenvalue weighted by Gasteiger charge is 2.53. The van der Waals surface area contributed by atoms with E-state index in [-0.39, 0.29) is 0 Å². The van der Waals surface area contributed by atoms with Gasteiger partial charge in [-0.3, -0.25) is 9.13 Å². The fourth-order valence-corrected chi connectivity index (χ4v) is 1.53. The fraction of sp³-hybridized carbons (Fsp3) is 1.00. The van der Waals surface area contributed by atoms with E-state index in [1.807, 2.05) is 0 Å². The van der Waals surface area contributed by atoms with E-state index in [1.165, 1.54) is 0 Å². The van der Waals surface area contributed by atoms with Crippen molar-refractivity contribution in [3.63, 3.8) is 0 Å². The third kappa shape index (κ3) is 2.10. The van der Waals surface area contributed by atoms with Gasteiger partial charge in [0.2, 0.25) is 5.02 Å². The molecule has 0 aromatic carbocycles. The third-order valence-corrected chi connectivity index (χ3v) is 5.10. The van der Waals surface area contributed by atoms with Gasteiger partial charge in [0.1, 0.15) is 0 Å². The maximum atomic E-state index is 10.4. The fourth-order valence-electron chi connectivity index (χ4n) is 0.170. The number of rotatable bonds is 2. The Balaban J connectivity index is 5.08. The summed E-state index contributed by atoms with van der Waals surface area (Å²) >= 11 is 0. The Morgan fingerprint density at radius 1 is 1.09 bits per heavy atom. The van der Waals surface area contributed by atoms with Crippen LogP contribution in [0.15, 0.2) is 0 Å². The number of hydrogen-bond acceptors (Lipinski definition) is 3. The van der Waals surface area contributed by atoms with Gasteiger partial charge in [-0.15, -0.1) is 0 Å². The van der Waals surface area contributed by atoms with E-state index in [2.05, 4.69) is 0 Å². The van der Waals surface area contributed by atoms with Crippen LogP contribution in [-0.2, 0) is 9.13 Å². The Kier molecular flexibility index (Phi) is 2.70. The van der Waals surface area contributed by atoms with Gasteiger partial charge in [-0.05, 0) is 6.92 Å². The van der Waals surface area contributed by atoms with E-state index in [9.17, 15) is 9.13 Å². The van der Waals surface area contributed by atoms with Crippen molar-refractivity contribution in [3.05, 3.63) is 0 Å². The zero-order chi connectivity index (χ0) is 9.50. The summed E-state index contributed by atoms with van der Waals surface area (Å²) in [6.07, 6.45) is 0. The lowest BCUT2D eigenvalue weighted by atomic mass is 10.8. The second-order valence-electron chi connectivity index (χ2n) is 2.18. The summed E-state index contributed by atoms with van der Waals surface area (Å²) in [6, 6.07) is 0. The van der Waals surface area contributed by atoms with Crippen molar-refractivity contribution in [1.82, 2.24) is 0 Å². The molecule has 7 nitrogen and oxygen atoms in total. The molecule has 68 valence electrons. The first-order valence-electron chi connectivity index (χ1n) is 2.40. The Morgan fingerprint density at radius 3 is 1.27 bits per heavy atom. The molecule has 0 amide bonds. The van der Waals surface area contributed by atoms with Crippen molar-refractivity contribution in [1.29, 1.82) is 0 Å². The molecule has 0 bridgehead atoms. The first-order valence-corrected chi connectivity index (χ1v) is 5.63. The van der Waals surface area contributed by atoms with Gasteiger partial charge in [-0.2, -0.15) is 0 Å². The lowest BCUT2D eigenvalue weighted by Gasteiger charge is -2.25. The van der Waals surface area contributed by atoms with Crippen LogP contribution in [-0.4, -0.2) is 24.6 Å². The maximum absolute atomic E-state index is 10.4. The normalized spacial score (nSPS) is 15.1. The van der Waals surface area contributed by atoms with Crippen molar-refractivity contribution >= 4 is 15.2 Å². The van der Waals surface area contributed by atoms with Crippen molar-refractivity contribution in [2.45, 2.75) is 11.9 Å². The minimum atomic E-state index is -4.98. The Morgan fingerprint density at radius 2 is 1.27 bits per heavy atom. The summed E-state index contributed by atoms with van der Waals surface area (Å²) in [4.78, 5) is 33.5. The van der Waals surface area contributed by atoms with Gasteiger partial charge >= 0.3 is 15.2 Å². The molecule has 0 radical (unpaired) electrons. The molecule has 0 aliphatic heterocycles. The summed E-state index contributed by atoms with van der Waals surface area (Å²) < 4.78 is 20.8. The Bertz CT molecular complexity index is 211. The molecule has 0 aliphatic carbocycles. The first-order chi connectivity index (χ1) is 4.50. The highest BCUT2D eigenvalue weighted by atomic mass is 31.2. The molecule has 0 saturated carbocycles. The van der Waals surface area contributed by atoms with E-state index in [0.717, 1.165) is 0 Å². The third-order valence-electron chi connectivity index (χ3n) is 1.18. The molecule has 0 rings (SSSR count). The van der Waals surface area contributed by atoms with Crippen LogP contribution in [0.4, 0.5) is 0 Å². The highest BCUT2D eigenvalue weighted by molar-refractivity contribution is 7.72. The molecule has 0 aromatic rings. The SMILES string of the molecule is CC(N)(P(=O)(O)O)P(=O)(O)O. The van der Waals surface area contributed by atoms with Crippen LogP contribution in [0.5, 0.6) is 0 Å². The van der Waals surface area contributed by atoms with Crippen LogP contribution < -0.4 is 5.73 Å². The lowest BCUT2D eigenvalue weighted by Crippen LogP contribution is -2.35. The molecule has 0 aliphatic rings. The van der Waals surface area contributed by atoms with Gasteiger partial charge < -0.3 is 25.3 Å². The highest BCUT2D eigenvalue weighted by Crippen LogP contribution is 2.65. The lowest BCUT2D eigenvalue weighted by molar-refractivity contribution is 0.315. The predicted molar refractivity (Wildman–Crippen MR) is 36.7 cm³/mol. The standard InChI is InChI=1S/C2H9NO6P2/c1-2(3,10(4,5)6)11(7,8)9/h3H2,1H3,(H2,4,5,6)(H2,7,8,9). The van der Waals surface area contributed by atoms with Crippen LogP contribution in [0, 0.1) is 0 Å². The van der Waals surface area contributed by atoms with Crippen LogP contribution in [0.3, 0.4) is 0 Å². The van der Waals surface area contributed by atoms with Crippen molar-refractivity contribution in [3.8, 4) is 0 Å². The summed E-state index contributed by atoms with van der Waals surface area (Å²) in [6.45, 7) is 0.606. The summed E-state index contributed by atoms with van der Waals surface area (Å²) in [5.41, 5.74) is 4.74. The minimum Gasteiger partial charge on any atom is -0.323 e. The van der Waals surface area contributed by atoms with Crippen molar-refractivity contribution < 1.29 is 28.7 Å². The molecule has 9 heteroatoms. The maximum Gasteiger partial charge on any atom is 0.357 e. The molecular formula is C2H9NO6P2. The van der Waals surface area contributed by atoms with Crippen LogP contribution in [0.2, 0.25) is 0 Å². The number of nitrogens with two attached hydrogens (primary N) is 1. The molecule has 0 spiro atoms. The predicted octanol–water partition coefficient (Wildman–Crippen LogP) is -1.03. The van der Waals surface area contributed by atoms with Crippen LogP contribution in [0.25, 0.3) is 0 Å². The van der Waals surface area contributed by atoms with Crippen molar-refractivity contribution in [2.75, 3.05) is 0 Å². The largest absolute Gasteiger partial charge is 0.357 e. The summed E-state index contributed by atoms with van der Waals surface area (Å²) in [7, 11) is -9.95. The topological polar surface area (TPSA) is 141 Å². The average Bonchev–Trinajstić information content (AvgIpc) is 1.58. The summed E-state index contributed by atoms with van der Waals surface area (Å²) in [5.74, 6) is 0. The Labute approximate surface area is 62.5 Å². The zero-order valence-electron chi connectivity index (χ0n) is 5.58. The van der Waals surface area contributed by atoms with E-state index < -0.39 is 20.2 Å². The monoisotopic (exact) mass is 205 g/mol. The molecule has 0 atom stereocenters. The first kappa shape index (κ1) is 11.3. The quantitative estimate of drug-likeness (QED) is 0.363. The molecule has 0 heterocycles. The van der Waals surface area contributed by atoms with Crippen molar-refractivity contribution in [2.24, 2.45) is 5.73 Å². The molecule has 0 aromatic heterocycles. The molecule has 0 fully saturated rings. The Hall–Kier alpha value is 0.260. The van der Waals surface area contributed by atoms with Gasteiger partial charge in [-0.1, -0.05) is 0 Å². The smallest absolute Gasteiger partial charge is 0.323 e. The number of hydrogen-bond donors (Lipinski definition) is 5. The molecular weight excluding hydrogens is 196 g/mol. The van der Waals surface area contributed by atoms with Gasteiger partial charge in [0.05, 0.1) is 0 Å². The van der Waals surface area contributed by atoms with E-state index in [4.69, 9.17) is 25.3 Å². The average molecular weight is 205 g/mol. The zero-order valence-corrected chi connectivity index (χ0v) is 7.37. The van der Waals surface area contributed by atoms with E-state index >= 15 is 0 Å². The molecule has 0 saturated heterocycles. The van der Waals surface area contributed by atoms with Gasteiger partial charge in [-0.25, -0.2) is 0 Å². The van der Waals surface area contributed by atoms with Gasteiger partial charge in [0, 0.05) is 0 Å². The minimum absolute atomic E-state index is 0.606. The second-order valence-corrected chi connectivity index (χ2v) is 6.57. The summed E-state index contributed by atoms with van der Waals surface area (Å²) in [5, 5.41) is -2.79. The molecule has 11 heavy (non-hydrogen) atoms. The van der Waals surface area contributed by atoms with Gasteiger partial charge in [0.15, 0.2) is 0 Å². The molecule has 0 unspecified atom stereocenters. The van der Waals surface area contributed by atoms with E-state index in [1.54, 1.807) is 0 Å². The molecule has 6 N–H and O–H groups in total.